The van der Waals surface area contributed by atoms with E-state index in [-0.39, 0.29) is 6.10 Å². The van der Waals surface area contributed by atoms with Crippen LogP contribution in [0.3, 0.4) is 0 Å². The molecule has 0 bridgehead atoms. The van der Waals surface area contributed by atoms with Gasteiger partial charge in [0.1, 0.15) is 6.10 Å². The quantitative estimate of drug-likeness (QED) is 0.753. The maximum atomic E-state index is 11.1. The lowest BCUT2D eigenvalue weighted by molar-refractivity contribution is 0.00600. The van der Waals surface area contributed by atoms with Gasteiger partial charge >= 0.3 is 0 Å². The summed E-state index contributed by atoms with van der Waals surface area (Å²) >= 11 is 0. The van der Waals surface area contributed by atoms with Crippen LogP contribution in [-0.4, -0.2) is 32.2 Å². The van der Waals surface area contributed by atoms with Crippen LogP contribution in [0.15, 0.2) is 18.2 Å². The number of aldehydes is 1. The summed E-state index contributed by atoms with van der Waals surface area (Å²) in [5.74, 6) is 1.15. The maximum absolute atomic E-state index is 11.1. The van der Waals surface area contributed by atoms with Gasteiger partial charge < -0.3 is 14.2 Å². The van der Waals surface area contributed by atoms with E-state index in [0.29, 0.717) is 30.3 Å². The summed E-state index contributed by atoms with van der Waals surface area (Å²) in [4.78, 5) is 11.1. The third-order valence-electron chi connectivity index (χ3n) is 2.84. The molecule has 4 heteroatoms. The van der Waals surface area contributed by atoms with Crippen LogP contribution in [-0.2, 0) is 4.74 Å². The van der Waals surface area contributed by atoms with Gasteiger partial charge in [0, 0.05) is 6.61 Å². The van der Waals surface area contributed by atoms with Crippen LogP contribution in [0.2, 0.25) is 0 Å². The predicted octanol–water partition coefficient (Wildman–Crippen LogP) is 2.46. The fraction of sp³-hybridized carbons (Fsp3) is 0.500. The Hall–Kier alpha value is -1.55. The van der Waals surface area contributed by atoms with Crippen LogP contribution in [0.25, 0.3) is 0 Å². The van der Waals surface area contributed by atoms with Gasteiger partial charge in [-0.05, 0) is 31.9 Å². The fourth-order valence-electron chi connectivity index (χ4n) is 1.99. The van der Waals surface area contributed by atoms with Gasteiger partial charge in [-0.25, -0.2) is 0 Å². The fourth-order valence-corrected chi connectivity index (χ4v) is 1.99. The molecule has 0 aromatic heterocycles. The highest BCUT2D eigenvalue weighted by atomic mass is 16.6. The Kier molecular flexibility index (Phi) is 4.59. The minimum atomic E-state index is -0.000874. The molecule has 1 saturated heterocycles. The van der Waals surface area contributed by atoms with Gasteiger partial charge in [-0.1, -0.05) is 6.07 Å². The van der Waals surface area contributed by atoms with Crippen molar-refractivity contribution in [2.45, 2.75) is 25.9 Å². The van der Waals surface area contributed by atoms with E-state index >= 15 is 0 Å². The first-order chi connectivity index (χ1) is 8.85. The summed E-state index contributed by atoms with van der Waals surface area (Å²) in [5.41, 5.74) is 0.520. The van der Waals surface area contributed by atoms with Crippen LogP contribution >= 0.6 is 0 Å². The highest BCUT2D eigenvalue weighted by Gasteiger charge is 2.19. The number of hydrogen-bond donors (Lipinski definition) is 0. The first-order valence-corrected chi connectivity index (χ1v) is 6.30. The molecule has 2 rings (SSSR count). The standard InChI is InChI=1S/C14H18O4/c1-2-17-13-7-3-5-11(9-15)14(13)18-12-6-4-8-16-10-12/h3,5,7,9,12H,2,4,6,8,10H2,1H3. The Morgan fingerprint density at radius 2 is 2.39 bits per heavy atom. The van der Waals surface area contributed by atoms with Crippen molar-refractivity contribution in [2.24, 2.45) is 0 Å². The summed E-state index contributed by atoms with van der Waals surface area (Å²) < 4.78 is 16.7. The van der Waals surface area contributed by atoms with E-state index in [9.17, 15) is 4.79 Å². The molecule has 4 nitrogen and oxygen atoms in total. The zero-order chi connectivity index (χ0) is 12.8. The van der Waals surface area contributed by atoms with Crippen LogP contribution in [0.1, 0.15) is 30.1 Å². The second-order valence-corrected chi connectivity index (χ2v) is 4.18. The Bertz CT molecular complexity index is 397. The second kappa shape index (κ2) is 6.40. The molecule has 0 saturated carbocycles. The Labute approximate surface area is 107 Å². The summed E-state index contributed by atoms with van der Waals surface area (Å²) in [7, 11) is 0. The summed E-state index contributed by atoms with van der Waals surface area (Å²) in [6, 6.07) is 5.34. The molecule has 1 heterocycles. The van der Waals surface area contributed by atoms with Crippen molar-refractivity contribution in [1.29, 1.82) is 0 Å². The molecule has 0 spiro atoms. The molecule has 1 atom stereocenters. The SMILES string of the molecule is CCOc1cccc(C=O)c1OC1CCCOC1. The molecule has 1 unspecified atom stereocenters. The minimum absolute atomic E-state index is 0.000874. The van der Waals surface area contributed by atoms with Gasteiger partial charge in [0.25, 0.3) is 0 Å². The molecule has 98 valence electrons. The summed E-state index contributed by atoms with van der Waals surface area (Å²) in [6.07, 6.45) is 2.72. The van der Waals surface area contributed by atoms with Gasteiger partial charge in [-0.3, -0.25) is 4.79 Å². The van der Waals surface area contributed by atoms with Crippen molar-refractivity contribution in [3.63, 3.8) is 0 Å². The van der Waals surface area contributed by atoms with Gasteiger partial charge in [0.05, 0.1) is 18.8 Å². The Morgan fingerprint density at radius 1 is 1.50 bits per heavy atom. The smallest absolute Gasteiger partial charge is 0.172 e. The van der Waals surface area contributed by atoms with Crippen molar-refractivity contribution in [1.82, 2.24) is 0 Å². The van der Waals surface area contributed by atoms with E-state index in [0.717, 1.165) is 25.7 Å². The average molecular weight is 250 g/mol. The van der Waals surface area contributed by atoms with Crippen LogP contribution in [0, 0.1) is 0 Å². The van der Waals surface area contributed by atoms with Crippen molar-refractivity contribution in [2.75, 3.05) is 19.8 Å². The first-order valence-electron chi connectivity index (χ1n) is 6.30. The monoisotopic (exact) mass is 250 g/mol. The molecule has 1 aromatic carbocycles. The van der Waals surface area contributed by atoms with Crippen molar-refractivity contribution in [3.05, 3.63) is 23.8 Å². The zero-order valence-corrected chi connectivity index (χ0v) is 10.6. The van der Waals surface area contributed by atoms with E-state index in [2.05, 4.69) is 0 Å². The average Bonchev–Trinajstić information content (AvgIpc) is 2.42. The van der Waals surface area contributed by atoms with Crippen molar-refractivity contribution in [3.8, 4) is 11.5 Å². The molecule has 1 aromatic rings. The number of rotatable bonds is 5. The van der Waals surface area contributed by atoms with E-state index in [1.807, 2.05) is 13.0 Å². The number of carbonyl (C=O) groups is 1. The third-order valence-corrected chi connectivity index (χ3v) is 2.84. The zero-order valence-electron chi connectivity index (χ0n) is 10.6. The highest BCUT2D eigenvalue weighted by molar-refractivity contribution is 5.81. The molecule has 18 heavy (non-hydrogen) atoms. The summed E-state index contributed by atoms with van der Waals surface area (Å²) in [5, 5.41) is 0. The summed E-state index contributed by atoms with van der Waals surface area (Å²) in [6.45, 7) is 3.80. The molecule has 0 N–H and O–H groups in total. The number of benzene rings is 1. The highest BCUT2D eigenvalue weighted by Crippen LogP contribution is 2.32. The lowest BCUT2D eigenvalue weighted by Gasteiger charge is -2.25. The molecule has 1 aliphatic rings. The van der Waals surface area contributed by atoms with E-state index in [1.165, 1.54) is 0 Å². The molecule has 1 aliphatic heterocycles. The first kappa shape index (κ1) is 12.9. The number of carbonyl (C=O) groups excluding carboxylic acids is 1. The lowest BCUT2D eigenvalue weighted by atomic mass is 10.1. The molecular formula is C14H18O4. The molecule has 0 aliphatic carbocycles. The topological polar surface area (TPSA) is 44.8 Å². The van der Waals surface area contributed by atoms with Gasteiger partial charge in [-0.15, -0.1) is 0 Å². The normalized spacial score (nSPS) is 19.3. The molecule has 0 radical (unpaired) electrons. The minimum Gasteiger partial charge on any atom is -0.490 e. The van der Waals surface area contributed by atoms with Gasteiger partial charge in [-0.2, -0.15) is 0 Å². The number of hydrogen-bond acceptors (Lipinski definition) is 4. The van der Waals surface area contributed by atoms with Crippen LogP contribution in [0.4, 0.5) is 0 Å². The molecule has 1 fully saturated rings. The van der Waals surface area contributed by atoms with Crippen LogP contribution < -0.4 is 9.47 Å². The largest absolute Gasteiger partial charge is 0.490 e. The lowest BCUT2D eigenvalue weighted by Crippen LogP contribution is -2.28. The second-order valence-electron chi connectivity index (χ2n) is 4.18. The number of para-hydroxylation sites is 1. The van der Waals surface area contributed by atoms with Gasteiger partial charge in [0.15, 0.2) is 17.8 Å². The maximum Gasteiger partial charge on any atom is 0.172 e. The van der Waals surface area contributed by atoms with Gasteiger partial charge in [0.2, 0.25) is 0 Å². The van der Waals surface area contributed by atoms with E-state index < -0.39 is 0 Å². The predicted molar refractivity (Wildman–Crippen MR) is 67.5 cm³/mol. The van der Waals surface area contributed by atoms with Crippen LogP contribution in [0.5, 0.6) is 11.5 Å². The number of ether oxygens (including phenoxy) is 3. The van der Waals surface area contributed by atoms with Crippen molar-refractivity contribution >= 4 is 6.29 Å². The Balaban J connectivity index is 2.19. The van der Waals surface area contributed by atoms with Crippen molar-refractivity contribution < 1.29 is 19.0 Å². The Morgan fingerprint density at radius 3 is 3.06 bits per heavy atom. The third kappa shape index (κ3) is 3.01. The molecule has 0 amide bonds. The van der Waals surface area contributed by atoms with E-state index in [4.69, 9.17) is 14.2 Å². The van der Waals surface area contributed by atoms with E-state index in [1.54, 1.807) is 12.1 Å². The molecular weight excluding hydrogens is 232 g/mol.